The van der Waals surface area contributed by atoms with Crippen molar-refractivity contribution in [2.24, 2.45) is 0 Å². The van der Waals surface area contributed by atoms with Crippen molar-refractivity contribution in [1.29, 1.82) is 0 Å². The summed E-state index contributed by atoms with van der Waals surface area (Å²) in [5.74, 6) is -0.778. The number of rotatable bonds is 6. The summed E-state index contributed by atoms with van der Waals surface area (Å²) in [5.41, 5.74) is 1.25. The van der Waals surface area contributed by atoms with Crippen LogP contribution in [0.2, 0.25) is 0 Å². The van der Waals surface area contributed by atoms with Gasteiger partial charge in [0.05, 0.1) is 11.0 Å². The third-order valence-electron chi connectivity index (χ3n) is 4.55. The number of hydrogen-bond donors (Lipinski definition) is 2. The molecular weight excluding hydrogens is 392 g/mol. The van der Waals surface area contributed by atoms with Crippen LogP contribution in [0.25, 0.3) is 0 Å². The lowest BCUT2D eigenvalue weighted by Crippen LogP contribution is -2.47. The molecule has 1 heterocycles. The van der Waals surface area contributed by atoms with Gasteiger partial charge in [-0.3, -0.25) is 25.1 Å². The Hall–Kier alpha value is -3.95. The Morgan fingerprint density at radius 3 is 2.27 bits per heavy atom. The Morgan fingerprint density at radius 1 is 1.13 bits per heavy atom. The van der Waals surface area contributed by atoms with Crippen molar-refractivity contribution in [1.82, 2.24) is 15.8 Å². The van der Waals surface area contributed by atoms with E-state index in [4.69, 9.17) is 4.74 Å². The smallest absolute Gasteiger partial charge is 0.344 e. The highest BCUT2D eigenvalue weighted by Gasteiger charge is 2.50. The topological polar surface area (TPSA) is 131 Å². The maximum atomic E-state index is 12.9. The van der Waals surface area contributed by atoms with Crippen LogP contribution in [-0.4, -0.2) is 33.9 Å². The summed E-state index contributed by atoms with van der Waals surface area (Å²) < 4.78 is 5.51. The highest BCUT2D eigenvalue weighted by atomic mass is 16.6. The lowest BCUT2D eigenvalue weighted by Gasteiger charge is -2.22. The molecule has 156 valence electrons. The second kappa shape index (κ2) is 7.82. The summed E-state index contributed by atoms with van der Waals surface area (Å²) in [6.07, 6.45) is -0.0207. The van der Waals surface area contributed by atoms with E-state index < -0.39 is 28.3 Å². The van der Waals surface area contributed by atoms with Crippen molar-refractivity contribution in [3.05, 3.63) is 69.8 Å². The Balaban J connectivity index is 1.75. The zero-order chi connectivity index (χ0) is 22.1. The van der Waals surface area contributed by atoms with Crippen molar-refractivity contribution in [3.63, 3.8) is 0 Å². The molecule has 2 N–H and O–H groups in total. The van der Waals surface area contributed by atoms with Crippen LogP contribution in [0.3, 0.4) is 0 Å². The molecule has 10 nitrogen and oxygen atoms in total. The standard InChI is InChI=1S/C20H20N4O6/c1-12(2)30-16-10-4-13(5-11-16)17(25)22-23-18(26)20(3,21-19(23)27)14-6-8-15(9-7-14)24(28)29/h4-12H,1-3H3,(H,21,27)(H,22,25)/t20-/m1/s1. The van der Waals surface area contributed by atoms with Crippen molar-refractivity contribution >= 4 is 23.5 Å². The average molecular weight is 412 g/mol. The minimum absolute atomic E-state index is 0.0207. The zero-order valence-corrected chi connectivity index (χ0v) is 16.5. The van der Waals surface area contributed by atoms with E-state index in [0.717, 1.165) is 0 Å². The second-order valence-electron chi connectivity index (χ2n) is 7.13. The van der Waals surface area contributed by atoms with Crippen molar-refractivity contribution in [2.45, 2.75) is 32.4 Å². The fourth-order valence-electron chi connectivity index (χ4n) is 2.98. The van der Waals surface area contributed by atoms with Crippen LogP contribution in [0, 0.1) is 10.1 Å². The van der Waals surface area contributed by atoms with Gasteiger partial charge < -0.3 is 10.1 Å². The molecule has 0 aromatic heterocycles. The Kier molecular flexibility index (Phi) is 5.41. The van der Waals surface area contributed by atoms with E-state index in [1.54, 1.807) is 12.1 Å². The normalized spacial score (nSPS) is 18.3. The lowest BCUT2D eigenvalue weighted by atomic mass is 9.92. The number of ether oxygens (including phenoxy) is 1. The number of carbonyl (C=O) groups excluding carboxylic acids is 3. The number of amides is 4. The highest BCUT2D eigenvalue weighted by molar-refractivity contribution is 6.09. The van der Waals surface area contributed by atoms with Gasteiger partial charge >= 0.3 is 6.03 Å². The Labute approximate surface area is 171 Å². The molecule has 0 radical (unpaired) electrons. The molecule has 2 aromatic rings. The summed E-state index contributed by atoms with van der Waals surface area (Å²) in [7, 11) is 0. The molecular formula is C20H20N4O6. The second-order valence-corrected chi connectivity index (χ2v) is 7.13. The van der Waals surface area contributed by atoms with Crippen molar-refractivity contribution in [3.8, 4) is 5.75 Å². The zero-order valence-electron chi connectivity index (χ0n) is 16.5. The summed E-state index contributed by atoms with van der Waals surface area (Å²) in [5, 5.41) is 13.9. The third kappa shape index (κ3) is 3.93. The van der Waals surface area contributed by atoms with Crippen LogP contribution >= 0.6 is 0 Å². The lowest BCUT2D eigenvalue weighted by molar-refractivity contribution is -0.384. The van der Waals surface area contributed by atoms with Gasteiger partial charge in [-0.05, 0) is 62.7 Å². The summed E-state index contributed by atoms with van der Waals surface area (Å²) in [6, 6.07) is 10.7. The van der Waals surface area contributed by atoms with Crippen molar-refractivity contribution < 1.29 is 24.0 Å². The molecule has 4 amide bonds. The number of hydrogen-bond acceptors (Lipinski definition) is 6. The van der Waals surface area contributed by atoms with Gasteiger partial charge in [0.15, 0.2) is 0 Å². The molecule has 1 saturated heterocycles. The Bertz CT molecular complexity index is 1000. The van der Waals surface area contributed by atoms with Crippen LogP contribution in [0.5, 0.6) is 5.75 Å². The number of imide groups is 1. The first kappa shape index (κ1) is 20.8. The maximum Gasteiger partial charge on any atom is 0.344 e. The first-order valence-electron chi connectivity index (χ1n) is 9.11. The van der Waals surface area contributed by atoms with E-state index in [1.807, 2.05) is 13.8 Å². The van der Waals surface area contributed by atoms with Gasteiger partial charge in [-0.15, -0.1) is 0 Å². The van der Waals surface area contributed by atoms with E-state index in [1.165, 1.54) is 43.3 Å². The molecule has 10 heteroatoms. The van der Waals surface area contributed by atoms with Crippen LogP contribution in [0.1, 0.15) is 36.7 Å². The van der Waals surface area contributed by atoms with Gasteiger partial charge in [0.25, 0.3) is 17.5 Å². The summed E-state index contributed by atoms with van der Waals surface area (Å²) in [4.78, 5) is 48.0. The van der Waals surface area contributed by atoms with Gasteiger partial charge in [-0.1, -0.05) is 0 Å². The van der Waals surface area contributed by atoms with Crippen molar-refractivity contribution in [2.75, 3.05) is 0 Å². The first-order valence-corrected chi connectivity index (χ1v) is 9.11. The minimum Gasteiger partial charge on any atom is -0.491 e. The number of nitro groups is 1. The van der Waals surface area contributed by atoms with E-state index in [2.05, 4.69) is 10.7 Å². The predicted octanol–water partition coefficient (Wildman–Crippen LogP) is 2.49. The average Bonchev–Trinajstić information content (AvgIpc) is 2.92. The molecule has 1 fully saturated rings. The van der Waals surface area contributed by atoms with E-state index >= 15 is 0 Å². The van der Waals surface area contributed by atoms with E-state index in [0.29, 0.717) is 16.3 Å². The predicted molar refractivity (Wildman–Crippen MR) is 105 cm³/mol. The fourth-order valence-corrected chi connectivity index (χ4v) is 2.98. The SMILES string of the molecule is CC(C)Oc1ccc(C(=O)NN2C(=O)N[C@](C)(c3ccc([N+](=O)[O-])cc3)C2=O)cc1. The van der Waals surface area contributed by atoms with Gasteiger partial charge in [-0.25, -0.2) is 4.79 Å². The number of nitrogens with one attached hydrogen (secondary N) is 2. The van der Waals surface area contributed by atoms with Gasteiger partial charge in [0, 0.05) is 17.7 Å². The fraction of sp³-hybridized carbons (Fsp3) is 0.250. The number of urea groups is 1. The van der Waals surface area contributed by atoms with Gasteiger partial charge in [0.1, 0.15) is 11.3 Å². The number of non-ortho nitro benzene ring substituents is 1. The third-order valence-corrected chi connectivity index (χ3v) is 4.55. The minimum atomic E-state index is -1.48. The molecule has 0 bridgehead atoms. The van der Waals surface area contributed by atoms with Gasteiger partial charge in [0.2, 0.25) is 0 Å². The molecule has 1 atom stereocenters. The first-order chi connectivity index (χ1) is 14.1. The van der Waals surface area contributed by atoms with Gasteiger partial charge in [-0.2, -0.15) is 5.01 Å². The molecule has 0 spiro atoms. The van der Waals surface area contributed by atoms with E-state index in [9.17, 15) is 24.5 Å². The monoisotopic (exact) mass is 412 g/mol. The van der Waals surface area contributed by atoms with Crippen LogP contribution in [-0.2, 0) is 10.3 Å². The number of nitro benzene ring substituents is 1. The van der Waals surface area contributed by atoms with Crippen LogP contribution in [0.15, 0.2) is 48.5 Å². The number of benzene rings is 2. The molecule has 1 aliphatic heterocycles. The molecule has 0 aliphatic carbocycles. The molecule has 3 rings (SSSR count). The summed E-state index contributed by atoms with van der Waals surface area (Å²) >= 11 is 0. The number of hydrazine groups is 1. The molecule has 30 heavy (non-hydrogen) atoms. The number of nitrogens with zero attached hydrogens (tertiary/aromatic N) is 2. The Morgan fingerprint density at radius 2 is 1.73 bits per heavy atom. The number of carbonyl (C=O) groups is 3. The van der Waals surface area contributed by atoms with Crippen LogP contribution < -0.4 is 15.5 Å². The molecule has 0 saturated carbocycles. The van der Waals surface area contributed by atoms with Crippen LogP contribution in [0.4, 0.5) is 10.5 Å². The van der Waals surface area contributed by atoms with E-state index in [-0.39, 0.29) is 17.4 Å². The molecule has 0 unspecified atom stereocenters. The largest absolute Gasteiger partial charge is 0.491 e. The quantitative estimate of drug-likeness (QED) is 0.426. The molecule has 1 aliphatic rings. The molecule has 2 aromatic carbocycles. The summed E-state index contributed by atoms with van der Waals surface area (Å²) in [6.45, 7) is 5.21. The highest BCUT2D eigenvalue weighted by Crippen LogP contribution is 2.29. The maximum absolute atomic E-state index is 12.9.